The molecule has 3 rings (SSSR count). The number of benzene rings is 1. The van der Waals surface area contributed by atoms with Crippen molar-refractivity contribution in [2.75, 3.05) is 0 Å². The van der Waals surface area contributed by atoms with E-state index >= 15 is 0 Å². The van der Waals surface area contributed by atoms with Gasteiger partial charge < -0.3 is 5.73 Å². The average molecular weight is 371 g/mol. The fraction of sp³-hybridized carbons (Fsp3) is 0.167. The van der Waals surface area contributed by atoms with Crippen molar-refractivity contribution < 1.29 is 4.79 Å². The Morgan fingerprint density at radius 1 is 1.44 bits per heavy atom. The second kappa shape index (κ2) is 7.25. The van der Waals surface area contributed by atoms with Gasteiger partial charge in [0, 0.05) is 17.5 Å². The molecule has 7 heteroatoms. The molecule has 0 bridgehead atoms. The van der Waals surface area contributed by atoms with Crippen LogP contribution in [0.15, 0.2) is 58.3 Å². The number of fused-ring (bicyclic) bond motifs is 1. The summed E-state index contributed by atoms with van der Waals surface area (Å²) in [6.07, 6.45) is 1.64. The van der Waals surface area contributed by atoms with Gasteiger partial charge in [-0.3, -0.25) is 14.2 Å². The van der Waals surface area contributed by atoms with Gasteiger partial charge in [-0.25, -0.2) is 4.98 Å². The highest BCUT2D eigenvalue weighted by Gasteiger charge is 2.20. The number of hydrogen-bond donors (Lipinski definition) is 1. The molecule has 0 aliphatic rings. The van der Waals surface area contributed by atoms with E-state index in [-0.39, 0.29) is 5.56 Å². The van der Waals surface area contributed by atoms with Gasteiger partial charge in [0.1, 0.15) is 4.83 Å². The number of nitrogens with zero attached hydrogens (tertiary/aromatic N) is 2. The third-order valence-corrected chi connectivity index (χ3v) is 5.72. The van der Waals surface area contributed by atoms with Crippen LogP contribution in [-0.2, 0) is 11.3 Å². The molecule has 3 aromatic rings. The van der Waals surface area contributed by atoms with Crippen molar-refractivity contribution in [3.63, 3.8) is 0 Å². The van der Waals surface area contributed by atoms with Crippen LogP contribution in [0.1, 0.15) is 6.92 Å². The number of thiophene rings is 1. The monoisotopic (exact) mass is 371 g/mol. The summed E-state index contributed by atoms with van der Waals surface area (Å²) >= 11 is 2.61. The normalized spacial score (nSPS) is 12.2. The highest BCUT2D eigenvalue weighted by atomic mass is 32.2. The first-order chi connectivity index (χ1) is 12.0. The molecule has 1 amide bonds. The van der Waals surface area contributed by atoms with Gasteiger partial charge in [-0.1, -0.05) is 48.2 Å². The molecule has 5 nitrogen and oxygen atoms in total. The van der Waals surface area contributed by atoms with E-state index in [4.69, 9.17) is 5.73 Å². The van der Waals surface area contributed by atoms with Gasteiger partial charge in [0.2, 0.25) is 5.91 Å². The predicted molar refractivity (Wildman–Crippen MR) is 104 cm³/mol. The Morgan fingerprint density at radius 3 is 2.80 bits per heavy atom. The van der Waals surface area contributed by atoms with Crippen LogP contribution in [-0.4, -0.2) is 20.7 Å². The number of carbonyl (C=O) groups is 1. The van der Waals surface area contributed by atoms with Crippen molar-refractivity contribution in [3.05, 3.63) is 58.7 Å². The zero-order valence-corrected chi connectivity index (χ0v) is 15.3. The smallest absolute Gasteiger partial charge is 0.263 e. The molecule has 1 atom stereocenters. The first kappa shape index (κ1) is 17.4. The number of primary amides is 1. The Hall–Kier alpha value is -2.38. The summed E-state index contributed by atoms with van der Waals surface area (Å²) < 4.78 is 1.54. The minimum atomic E-state index is -0.478. The fourth-order valence-electron chi connectivity index (χ4n) is 2.43. The molecular weight excluding hydrogens is 354 g/mol. The van der Waals surface area contributed by atoms with Crippen LogP contribution in [0.3, 0.4) is 0 Å². The molecule has 0 aliphatic heterocycles. The van der Waals surface area contributed by atoms with Crippen molar-refractivity contribution in [1.29, 1.82) is 0 Å². The zero-order valence-electron chi connectivity index (χ0n) is 13.6. The molecule has 2 aromatic heterocycles. The van der Waals surface area contributed by atoms with Gasteiger partial charge in [0.05, 0.1) is 10.6 Å². The van der Waals surface area contributed by atoms with Gasteiger partial charge in [-0.05, 0) is 12.5 Å². The number of amides is 1. The summed E-state index contributed by atoms with van der Waals surface area (Å²) in [5, 5.41) is 2.53. The second-order valence-corrected chi connectivity index (χ2v) is 7.62. The molecule has 0 fully saturated rings. The van der Waals surface area contributed by atoms with Crippen molar-refractivity contribution in [2.24, 2.45) is 5.73 Å². The maximum atomic E-state index is 13.1. The third-order valence-electron chi connectivity index (χ3n) is 3.74. The number of rotatable bonds is 6. The van der Waals surface area contributed by atoms with E-state index < -0.39 is 11.2 Å². The lowest BCUT2D eigenvalue weighted by Crippen LogP contribution is -2.26. The van der Waals surface area contributed by atoms with Crippen LogP contribution in [0.25, 0.3) is 21.3 Å². The first-order valence-corrected chi connectivity index (χ1v) is 9.43. The summed E-state index contributed by atoms with van der Waals surface area (Å²) in [5.74, 6) is -0.444. The Morgan fingerprint density at radius 2 is 2.16 bits per heavy atom. The summed E-state index contributed by atoms with van der Waals surface area (Å²) in [5.41, 5.74) is 7.06. The van der Waals surface area contributed by atoms with Gasteiger partial charge in [-0.2, -0.15) is 0 Å². The van der Waals surface area contributed by atoms with E-state index in [0.29, 0.717) is 21.9 Å². The fourth-order valence-corrected chi connectivity index (χ4v) is 4.29. The van der Waals surface area contributed by atoms with Gasteiger partial charge in [0.25, 0.3) is 5.56 Å². The molecule has 2 N–H and O–H groups in total. The maximum absolute atomic E-state index is 13.1. The van der Waals surface area contributed by atoms with E-state index in [9.17, 15) is 9.59 Å². The van der Waals surface area contributed by atoms with Crippen LogP contribution in [0, 0.1) is 0 Å². The Labute approximate surface area is 153 Å². The average Bonchev–Trinajstić information content (AvgIpc) is 3.03. The van der Waals surface area contributed by atoms with E-state index in [1.807, 2.05) is 35.7 Å². The predicted octanol–water partition coefficient (Wildman–Crippen LogP) is 3.28. The van der Waals surface area contributed by atoms with Crippen molar-refractivity contribution in [2.45, 2.75) is 23.9 Å². The summed E-state index contributed by atoms with van der Waals surface area (Å²) in [4.78, 5) is 29.7. The Balaban J connectivity index is 2.21. The molecule has 2 heterocycles. The van der Waals surface area contributed by atoms with E-state index in [1.54, 1.807) is 17.6 Å². The highest BCUT2D eigenvalue weighted by molar-refractivity contribution is 8.00. The van der Waals surface area contributed by atoms with Crippen LogP contribution >= 0.6 is 23.1 Å². The minimum absolute atomic E-state index is 0.135. The van der Waals surface area contributed by atoms with Crippen LogP contribution < -0.4 is 11.3 Å². The molecule has 0 spiro atoms. The summed E-state index contributed by atoms with van der Waals surface area (Å²) in [7, 11) is 0. The topological polar surface area (TPSA) is 78.0 Å². The molecule has 0 radical (unpaired) electrons. The number of allylic oxidation sites excluding steroid dienone is 1. The lowest BCUT2D eigenvalue weighted by atomic mass is 10.1. The molecule has 128 valence electrons. The second-order valence-electron chi connectivity index (χ2n) is 5.46. The standard InChI is InChI=1S/C18H17N3O2S2/c1-3-9-21-17(23)14-13(12-7-5-4-6-8-12)10-24-16(14)20-18(21)25-11(2)15(19)22/h3-8,10-11H,1,9H2,2H3,(H2,19,22). The Kier molecular flexibility index (Phi) is 5.06. The van der Waals surface area contributed by atoms with Gasteiger partial charge >= 0.3 is 0 Å². The number of thioether (sulfide) groups is 1. The number of nitrogens with two attached hydrogens (primary N) is 1. The largest absolute Gasteiger partial charge is 0.369 e. The number of carbonyl (C=O) groups excluding carboxylic acids is 1. The molecule has 25 heavy (non-hydrogen) atoms. The van der Waals surface area contributed by atoms with E-state index in [0.717, 1.165) is 11.1 Å². The lowest BCUT2D eigenvalue weighted by molar-refractivity contribution is -0.117. The SMILES string of the molecule is C=CCn1c(SC(C)C(N)=O)nc2scc(-c3ccccc3)c2c1=O. The van der Waals surface area contributed by atoms with Crippen LogP contribution in [0.4, 0.5) is 0 Å². The van der Waals surface area contributed by atoms with Crippen molar-refractivity contribution in [1.82, 2.24) is 9.55 Å². The lowest BCUT2D eigenvalue weighted by Gasteiger charge is -2.13. The Bertz CT molecular complexity index is 993. The quantitative estimate of drug-likeness (QED) is 0.410. The summed E-state index contributed by atoms with van der Waals surface area (Å²) in [6, 6.07) is 9.75. The molecule has 1 unspecified atom stereocenters. The minimum Gasteiger partial charge on any atom is -0.369 e. The zero-order chi connectivity index (χ0) is 18.0. The highest BCUT2D eigenvalue weighted by Crippen LogP contribution is 2.32. The van der Waals surface area contributed by atoms with Crippen LogP contribution in [0.2, 0.25) is 0 Å². The summed E-state index contributed by atoms with van der Waals surface area (Å²) in [6.45, 7) is 5.73. The number of aromatic nitrogens is 2. The molecular formula is C18H17N3O2S2. The first-order valence-electron chi connectivity index (χ1n) is 7.67. The third kappa shape index (κ3) is 3.38. The molecule has 0 aliphatic carbocycles. The van der Waals surface area contributed by atoms with E-state index in [1.165, 1.54) is 23.1 Å². The van der Waals surface area contributed by atoms with Crippen molar-refractivity contribution in [3.8, 4) is 11.1 Å². The van der Waals surface area contributed by atoms with Gasteiger partial charge in [0.15, 0.2) is 5.16 Å². The van der Waals surface area contributed by atoms with Crippen LogP contribution in [0.5, 0.6) is 0 Å². The maximum Gasteiger partial charge on any atom is 0.263 e. The molecule has 0 saturated carbocycles. The van der Waals surface area contributed by atoms with E-state index in [2.05, 4.69) is 11.6 Å². The molecule has 0 saturated heterocycles. The number of hydrogen-bond acceptors (Lipinski definition) is 5. The van der Waals surface area contributed by atoms with Crippen molar-refractivity contribution >= 4 is 39.2 Å². The molecule has 1 aromatic carbocycles. The van der Waals surface area contributed by atoms with Gasteiger partial charge in [-0.15, -0.1) is 17.9 Å².